The second-order valence-electron chi connectivity index (χ2n) is 5.32. The van der Waals surface area contributed by atoms with Crippen molar-refractivity contribution in [2.45, 2.75) is 39.2 Å². The Morgan fingerprint density at radius 1 is 1.33 bits per heavy atom. The van der Waals surface area contributed by atoms with Crippen molar-refractivity contribution in [1.29, 1.82) is 0 Å². The third-order valence-electron chi connectivity index (χ3n) is 3.90. The molecule has 1 aliphatic rings. The summed E-state index contributed by atoms with van der Waals surface area (Å²) in [5.41, 5.74) is 3.87. The molecule has 1 aromatic heterocycles. The van der Waals surface area contributed by atoms with Crippen LogP contribution in [0.15, 0.2) is 30.5 Å². The molecule has 0 unspecified atom stereocenters. The summed E-state index contributed by atoms with van der Waals surface area (Å²) < 4.78 is 7.22. The Bertz CT molecular complexity index is 646. The van der Waals surface area contributed by atoms with E-state index >= 15 is 0 Å². The summed E-state index contributed by atoms with van der Waals surface area (Å²) in [5.74, 6) is 1.02. The van der Waals surface area contributed by atoms with Gasteiger partial charge >= 0.3 is 5.97 Å². The first-order chi connectivity index (χ1) is 10.3. The van der Waals surface area contributed by atoms with Crippen LogP contribution in [-0.4, -0.2) is 22.1 Å². The fourth-order valence-corrected chi connectivity index (χ4v) is 2.87. The van der Waals surface area contributed by atoms with Gasteiger partial charge in [-0.3, -0.25) is 4.79 Å². The minimum atomic E-state index is -0.0988. The van der Waals surface area contributed by atoms with Gasteiger partial charge in [0, 0.05) is 18.4 Å². The Balaban J connectivity index is 1.57. The van der Waals surface area contributed by atoms with Crippen LogP contribution in [0.4, 0.5) is 0 Å². The van der Waals surface area contributed by atoms with E-state index in [4.69, 9.17) is 4.74 Å². The molecule has 0 radical (unpaired) electrons. The lowest BCUT2D eigenvalue weighted by Gasteiger charge is -2.05. The fourth-order valence-electron chi connectivity index (χ4n) is 2.87. The number of carbonyl (C=O) groups is 1. The van der Waals surface area contributed by atoms with Gasteiger partial charge in [-0.1, -0.05) is 24.3 Å². The molecule has 110 valence electrons. The Labute approximate surface area is 124 Å². The number of nitrogens with zero attached hydrogens (tertiary/aromatic N) is 2. The van der Waals surface area contributed by atoms with Crippen LogP contribution in [0.2, 0.25) is 0 Å². The van der Waals surface area contributed by atoms with Crippen molar-refractivity contribution in [2.24, 2.45) is 0 Å². The minimum absolute atomic E-state index is 0.0988. The lowest BCUT2D eigenvalue weighted by Crippen LogP contribution is -2.05. The van der Waals surface area contributed by atoms with Crippen LogP contribution >= 0.6 is 0 Å². The first-order valence-electron chi connectivity index (χ1n) is 7.58. The highest BCUT2D eigenvalue weighted by Crippen LogP contribution is 2.32. The molecule has 1 aliphatic heterocycles. The summed E-state index contributed by atoms with van der Waals surface area (Å²) in [5, 5.41) is 0. The number of fused-ring (bicyclic) bond motifs is 3. The van der Waals surface area contributed by atoms with Crippen molar-refractivity contribution in [3.63, 3.8) is 0 Å². The molecule has 0 saturated heterocycles. The van der Waals surface area contributed by atoms with Crippen LogP contribution in [0, 0.1) is 0 Å². The molecule has 0 atom stereocenters. The molecule has 21 heavy (non-hydrogen) atoms. The zero-order valence-electron chi connectivity index (χ0n) is 12.3. The van der Waals surface area contributed by atoms with Crippen molar-refractivity contribution in [1.82, 2.24) is 9.55 Å². The Kier molecular flexibility index (Phi) is 4.04. The molecular weight excluding hydrogens is 264 g/mol. The topological polar surface area (TPSA) is 44.1 Å². The molecule has 0 amide bonds. The van der Waals surface area contributed by atoms with E-state index in [1.807, 2.05) is 13.1 Å². The van der Waals surface area contributed by atoms with Gasteiger partial charge in [0.05, 0.1) is 25.0 Å². The molecule has 4 heteroatoms. The molecule has 3 rings (SSSR count). The molecule has 0 N–H and O–H groups in total. The third-order valence-corrected chi connectivity index (χ3v) is 3.90. The van der Waals surface area contributed by atoms with Gasteiger partial charge < -0.3 is 9.30 Å². The lowest BCUT2D eigenvalue weighted by atomic mass is 10.1. The van der Waals surface area contributed by atoms with Crippen LogP contribution in [0.25, 0.3) is 11.3 Å². The second-order valence-corrected chi connectivity index (χ2v) is 5.32. The Morgan fingerprint density at radius 3 is 3.05 bits per heavy atom. The van der Waals surface area contributed by atoms with Crippen molar-refractivity contribution in [2.75, 3.05) is 6.61 Å². The van der Waals surface area contributed by atoms with E-state index in [1.165, 1.54) is 16.8 Å². The Morgan fingerprint density at radius 2 is 2.19 bits per heavy atom. The van der Waals surface area contributed by atoms with Crippen LogP contribution < -0.4 is 0 Å². The molecule has 0 fully saturated rings. The summed E-state index contributed by atoms with van der Waals surface area (Å²) in [7, 11) is 0. The highest BCUT2D eigenvalue weighted by Gasteiger charge is 2.20. The van der Waals surface area contributed by atoms with Gasteiger partial charge in [0.2, 0.25) is 0 Å². The van der Waals surface area contributed by atoms with Gasteiger partial charge in [0.15, 0.2) is 0 Å². The van der Waals surface area contributed by atoms with Gasteiger partial charge in [-0.05, 0) is 25.3 Å². The number of benzene rings is 1. The summed E-state index contributed by atoms with van der Waals surface area (Å²) in [6.45, 7) is 3.22. The highest BCUT2D eigenvalue weighted by molar-refractivity contribution is 5.69. The van der Waals surface area contributed by atoms with E-state index in [0.717, 1.165) is 31.6 Å². The first-order valence-corrected chi connectivity index (χ1v) is 7.58. The number of carbonyl (C=O) groups excluding carboxylic acids is 1. The summed E-state index contributed by atoms with van der Waals surface area (Å²) >= 11 is 0. The van der Waals surface area contributed by atoms with Crippen molar-refractivity contribution >= 4 is 5.97 Å². The van der Waals surface area contributed by atoms with Gasteiger partial charge in [0.25, 0.3) is 0 Å². The maximum absolute atomic E-state index is 11.3. The zero-order chi connectivity index (χ0) is 14.7. The summed E-state index contributed by atoms with van der Waals surface area (Å²) in [6.07, 6.45) is 5.20. The molecule has 4 nitrogen and oxygen atoms in total. The molecule has 1 aromatic carbocycles. The minimum Gasteiger partial charge on any atom is -0.466 e. The standard InChI is InChI=1S/C17H20N2O2/c1-2-21-17(20)10-6-5-9-16-18-11-15-14-8-4-3-7-13(14)12-19(15)16/h3-4,7-8,11H,2,5-6,9-10,12H2,1H3. The number of rotatable bonds is 6. The maximum atomic E-state index is 11.3. The molecule has 2 heterocycles. The lowest BCUT2D eigenvalue weighted by molar-refractivity contribution is -0.143. The quantitative estimate of drug-likeness (QED) is 0.516. The van der Waals surface area contributed by atoms with E-state index in [-0.39, 0.29) is 5.97 Å². The third kappa shape index (κ3) is 2.84. The average Bonchev–Trinajstić information content (AvgIpc) is 3.03. The number of hydrogen-bond acceptors (Lipinski definition) is 3. The van der Waals surface area contributed by atoms with E-state index in [0.29, 0.717) is 13.0 Å². The number of aryl methyl sites for hydroxylation is 1. The van der Waals surface area contributed by atoms with Gasteiger partial charge in [-0.25, -0.2) is 4.98 Å². The first kappa shape index (κ1) is 13.9. The van der Waals surface area contributed by atoms with Crippen molar-refractivity contribution in [3.8, 4) is 11.3 Å². The average molecular weight is 284 g/mol. The van der Waals surface area contributed by atoms with E-state index in [2.05, 4.69) is 33.8 Å². The van der Waals surface area contributed by atoms with Gasteiger partial charge in [-0.2, -0.15) is 0 Å². The summed E-state index contributed by atoms with van der Waals surface area (Å²) in [4.78, 5) is 15.8. The number of hydrogen-bond donors (Lipinski definition) is 0. The molecular formula is C17H20N2O2. The van der Waals surface area contributed by atoms with Crippen molar-refractivity contribution in [3.05, 3.63) is 41.9 Å². The maximum Gasteiger partial charge on any atom is 0.305 e. The number of unbranched alkanes of at least 4 members (excludes halogenated alkanes) is 1. The van der Waals surface area contributed by atoms with E-state index in [9.17, 15) is 4.79 Å². The number of aromatic nitrogens is 2. The number of imidazole rings is 1. The zero-order valence-corrected chi connectivity index (χ0v) is 12.3. The van der Waals surface area contributed by atoms with E-state index < -0.39 is 0 Å². The van der Waals surface area contributed by atoms with Crippen molar-refractivity contribution < 1.29 is 9.53 Å². The van der Waals surface area contributed by atoms with Crippen LogP contribution in [0.1, 0.15) is 37.6 Å². The second kappa shape index (κ2) is 6.12. The fraction of sp³-hybridized carbons (Fsp3) is 0.412. The van der Waals surface area contributed by atoms with E-state index in [1.54, 1.807) is 0 Å². The van der Waals surface area contributed by atoms with Gasteiger partial charge in [0.1, 0.15) is 5.82 Å². The number of esters is 1. The van der Waals surface area contributed by atoms with Crippen LogP contribution in [-0.2, 0) is 22.5 Å². The monoisotopic (exact) mass is 284 g/mol. The summed E-state index contributed by atoms with van der Waals surface area (Å²) in [6, 6.07) is 8.48. The Hall–Kier alpha value is -2.10. The van der Waals surface area contributed by atoms with Gasteiger partial charge in [-0.15, -0.1) is 0 Å². The predicted octanol–water partition coefficient (Wildman–Crippen LogP) is 3.19. The largest absolute Gasteiger partial charge is 0.466 e. The smallest absolute Gasteiger partial charge is 0.305 e. The van der Waals surface area contributed by atoms with Crippen LogP contribution in [0.5, 0.6) is 0 Å². The molecule has 0 bridgehead atoms. The predicted molar refractivity (Wildman–Crippen MR) is 81.0 cm³/mol. The molecule has 0 saturated carbocycles. The normalized spacial score (nSPS) is 12.0. The molecule has 2 aromatic rings. The van der Waals surface area contributed by atoms with Crippen LogP contribution in [0.3, 0.4) is 0 Å². The molecule has 0 spiro atoms. The number of ether oxygens (including phenoxy) is 1. The highest BCUT2D eigenvalue weighted by atomic mass is 16.5. The molecule has 0 aliphatic carbocycles. The SMILES string of the molecule is CCOC(=O)CCCCc1ncc2n1Cc1ccccc1-2.